The molecular weight excluding hydrogens is 260 g/mol. The summed E-state index contributed by atoms with van der Waals surface area (Å²) in [4.78, 5) is 14.2. The van der Waals surface area contributed by atoms with E-state index in [4.69, 9.17) is 0 Å². The van der Waals surface area contributed by atoms with E-state index in [2.05, 4.69) is 36.5 Å². The van der Waals surface area contributed by atoms with Crippen LogP contribution in [0.2, 0.25) is 0 Å². The molecule has 1 fully saturated rings. The SMILES string of the molecule is CC1CCN(C(=O)NCc2cccc3ccccc23)CC1. The fourth-order valence-electron chi connectivity index (χ4n) is 2.94. The number of rotatable bonds is 2. The van der Waals surface area contributed by atoms with Gasteiger partial charge in [0.1, 0.15) is 0 Å². The Morgan fingerprint density at radius 3 is 2.67 bits per heavy atom. The molecule has 0 aromatic heterocycles. The first-order valence-corrected chi connectivity index (χ1v) is 7.73. The van der Waals surface area contributed by atoms with Crippen molar-refractivity contribution in [3.8, 4) is 0 Å². The molecule has 1 saturated heterocycles. The van der Waals surface area contributed by atoms with Gasteiger partial charge in [0, 0.05) is 19.6 Å². The molecule has 0 atom stereocenters. The van der Waals surface area contributed by atoms with Crippen molar-refractivity contribution in [1.29, 1.82) is 0 Å². The Labute approximate surface area is 125 Å². The number of nitrogens with one attached hydrogen (secondary N) is 1. The van der Waals surface area contributed by atoms with Gasteiger partial charge in [-0.15, -0.1) is 0 Å². The minimum absolute atomic E-state index is 0.0647. The molecule has 1 aliphatic rings. The molecule has 21 heavy (non-hydrogen) atoms. The van der Waals surface area contributed by atoms with E-state index in [1.54, 1.807) is 0 Å². The van der Waals surface area contributed by atoms with Crippen LogP contribution in [-0.4, -0.2) is 24.0 Å². The lowest BCUT2D eigenvalue weighted by molar-refractivity contribution is 0.173. The lowest BCUT2D eigenvalue weighted by atomic mass is 10.00. The second kappa shape index (κ2) is 6.17. The zero-order chi connectivity index (χ0) is 14.7. The second-order valence-electron chi connectivity index (χ2n) is 5.97. The van der Waals surface area contributed by atoms with Crippen molar-refractivity contribution in [3.63, 3.8) is 0 Å². The van der Waals surface area contributed by atoms with Crippen LogP contribution < -0.4 is 5.32 Å². The Kier molecular flexibility index (Phi) is 4.09. The van der Waals surface area contributed by atoms with E-state index in [-0.39, 0.29) is 6.03 Å². The highest BCUT2D eigenvalue weighted by Crippen LogP contribution is 2.19. The van der Waals surface area contributed by atoms with Gasteiger partial charge < -0.3 is 10.2 Å². The van der Waals surface area contributed by atoms with Crippen LogP contribution >= 0.6 is 0 Å². The van der Waals surface area contributed by atoms with Crippen LogP contribution in [-0.2, 0) is 6.54 Å². The fourth-order valence-corrected chi connectivity index (χ4v) is 2.94. The summed E-state index contributed by atoms with van der Waals surface area (Å²) in [5.74, 6) is 0.743. The van der Waals surface area contributed by atoms with Crippen molar-refractivity contribution in [1.82, 2.24) is 10.2 Å². The Hall–Kier alpha value is -2.03. The first-order chi connectivity index (χ1) is 10.2. The van der Waals surface area contributed by atoms with Crippen LogP contribution in [0.4, 0.5) is 4.79 Å². The van der Waals surface area contributed by atoms with Gasteiger partial charge in [-0.1, -0.05) is 49.4 Å². The van der Waals surface area contributed by atoms with E-state index >= 15 is 0 Å². The van der Waals surface area contributed by atoms with Gasteiger partial charge in [0.15, 0.2) is 0 Å². The smallest absolute Gasteiger partial charge is 0.317 e. The summed E-state index contributed by atoms with van der Waals surface area (Å²) in [5, 5.41) is 5.50. The van der Waals surface area contributed by atoms with Crippen molar-refractivity contribution in [2.24, 2.45) is 5.92 Å². The number of carbonyl (C=O) groups excluding carboxylic acids is 1. The predicted octanol–water partition coefficient (Wildman–Crippen LogP) is 3.78. The van der Waals surface area contributed by atoms with Gasteiger partial charge in [-0.05, 0) is 35.1 Å². The summed E-state index contributed by atoms with van der Waals surface area (Å²) in [7, 11) is 0. The molecule has 1 N–H and O–H groups in total. The van der Waals surface area contributed by atoms with Crippen LogP contribution in [0.5, 0.6) is 0 Å². The molecule has 1 heterocycles. The minimum Gasteiger partial charge on any atom is -0.334 e. The van der Waals surface area contributed by atoms with Gasteiger partial charge in [0.05, 0.1) is 0 Å². The van der Waals surface area contributed by atoms with Crippen LogP contribution in [0, 0.1) is 5.92 Å². The number of hydrogen-bond donors (Lipinski definition) is 1. The normalized spacial score (nSPS) is 16.1. The molecule has 2 aromatic carbocycles. The summed E-state index contributed by atoms with van der Waals surface area (Å²) in [6.45, 7) is 4.60. The highest BCUT2D eigenvalue weighted by atomic mass is 16.2. The third-order valence-corrected chi connectivity index (χ3v) is 4.38. The molecule has 3 nitrogen and oxygen atoms in total. The lowest BCUT2D eigenvalue weighted by Gasteiger charge is -2.30. The second-order valence-corrected chi connectivity index (χ2v) is 5.97. The molecule has 3 rings (SSSR count). The quantitative estimate of drug-likeness (QED) is 0.893. The molecule has 0 spiro atoms. The third kappa shape index (κ3) is 3.18. The number of urea groups is 1. The number of nitrogens with zero attached hydrogens (tertiary/aromatic N) is 1. The van der Waals surface area contributed by atoms with E-state index < -0.39 is 0 Å². The van der Waals surface area contributed by atoms with E-state index in [1.165, 1.54) is 16.3 Å². The van der Waals surface area contributed by atoms with Gasteiger partial charge in [-0.25, -0.2) is 4.79 Å². The molecule has 110 valence electrons. The summed E-state index contributed by atoms with van der Waals surface area (Å²) < 4.78 is 0. The Morgan fingerprint density at radius 2 is 1.86 bits per heavy atom. The van der Waals surface area contributed by atoms with Crippen LogP contribution in [0.15, 0.2) is 42.5 Å². The zero-order valence-corrected chi connectivity index (χ0v) is 12.5. The van der Waals surface area contributed by atoms with E-state index in [1.807, 2.05) is 23.1 Å². The van der Waals surface area contributed by atoms with Crippen LogP contribution in [0.1, 0.15) is 25.3 Å². The maximum absolute atomic E-state index is 12.2. The van der Waals surface area contributed by atoms with Gasteiger partial charge >= 0.3 is 6.03 Å². The zero-order valence-electron chi connectivity index (χ0n) is 12.5. The summed E-state index contributed by atoms with van der Waals surface area (Å²) >= 11 is 0. The molecule has 0 bridgehead atoms. The number of amides is 2. The molecule has 0 radical (unpaired) electrons. The molecule has 0 aliphatic carbocycles. The predicted molar refractivity (Wildman–Crippen MR) is 86.2 cm³/mol. The average molecular weight is 282 g/mol. The standard InChI is InChI=1S/C18H22N2O/c1-14-9-11-20(12-10-14)18(21)19-13-16-7-4-6-15-5-2-3-8-17(15)16/h2-8,14H,9-13H2,1H3,(H,19,21). The summed E-state index contributed by atoms with van der Waals surface area (Å²) in [5.41, 5.74) is 1.17. The number of hydrogen-bond acceptors (Lipinski definition) is 1. The molecule has 2 aromatic rings. The summed E-state index contributed by atoms with van der Waals surface area (Å²) in [6, 6.07) is 14.6. The molecule has 2 amide bonds. The van der Waals surface area contributed by atoms with Crippen molar-refractivity contribution < 1.29 is 4.79 Å². The topological polar surface area (TPSA) is 32.3 Å². The number of piperidine rings is 1. The van der Waals surface area contributed by atoms with Crippen LogP contribution in [0.3, 0.4) is 0 Å². The Morgan fingerprint density at radius 1 is 1.14 bits per heavy atom. The number of likely N-dealkylation sites (tertiary alicyclic amines) is 1. The summed E-state index contributed by atoms with van der Waals surface area (Å²) in [6.07, 6.45) is 2.23. The van der Waals surface area contributed by atoms with Crippen molar-refractivity contribution in [2.45, 2.75) is 26.3 Å². The van der Waals surface area contributed by atoms with E-state index in [9.17, 15) is 4.79 Å². The van der Waals surface area contributed by atoms with E-state index in [0.717, 1.165) is 31.8 Å². The highest BCUT2D eigenvalue weighted by molar-refractivity contribution is 5.86. The van der Waals surface area contributed by atoms with Crippen molar-refractivity contribution in [2.75, 3.05) is 13.1 Å². The molecule has 1 aliphatic heterocycles. The Bertz CT molecular complexity index is 625. The third-order valence-electron chi connectivity index (χ3n) is 4.38. The minimum atomic E-state index is 0.0647. The first kappa shape index (κ1) is 13.9. The molecule has 0 saturated carbocycles. The van der Waals surface area contributed by atoms with Gasteiger partial charge in [0.25, 0.3) is 0 Å². The lowest BCUT2D eigenvalue weighted by Crippen LogP contribution is -2.43. The largest absolute Gasteiger partial charge is 0.334 e. The first-order valence-electron chi connectivity index (χ1n) is 7.73. The van der Waals surface area contributed by atoms with Gasteiger partial charge in [-0.2, -0.15) is 0 Å². The van der Waals surface area contributed by atoms with Crippen molar-refractivity contribution >= 4 is 16.8 Å². The van der Waals surface area contributed by atoms with E-state index in [0.29, 0.717) is 6.54 Å². The van der Waals surface area contributed by atoms with Gasteiger partial charge in [-0.3, -0.25) is 0 Å². The van der Waals surface area contributed by atoms with Crippen molar-refractivity contribution in [3.05, 3.63) is 48.0 Å². The maximum Gasteiger partial charge on any atom is 0.317 e. The highest BCUT2D eigenvalue weighted by Gasteiger charge is 2.19. The fraction of sp³-hybridized carbons (Fsp3) is 0.389. The monoisotopic (exact) mass is 282 g/mol. The average Bonchev–Trinajstić information content (AvgIpc) is 2.53. The number of carbonyl (C=O) groups is 1. The maximum atomic E-state index is 12.2. The Balaban J connectivity index is 1.65. The molecule has 3 heteroatoms. The van der Waals surface area contributed by atoms with Gasteiger partial charge in [0.2, 0.25) is 0 Å². The molecule has 0 unspecified atom stereocenters. The van der Waals surface area contributed by atoms with Crippen LogP contribution in [0.25, 0.3) is 10.8 Å². The molecular formula is C18H22N2O. The number of benzene rings is 2. The number of fused-ring (bicyclic) bond motifs is 1.